The monoisotopic (exact) mass is 253 g/mol. The first kappa shape index (κ1) is 11.9. The Morgan fingerprint density at radius 1 is 1.37 bits per heavy atom. The van der Waals surface area contributed by atoms with E-state index in [0.29, 0.717) is 19.5 Å². The smallest absolute Gasteiger partial charge is 0.241 e. The summed E-state index contributed by atoms with van der Waals surface area (Å²) in [5, 5.41) is 12.3. The number of amides is 1. The first-order valence-electron chi connectivity index (χ1n) is 6.46. The van der Waals surface area contributed by atoms with E-state index in [1.54, 1.807) is 11.0 Å². The molecule has 1 aromatic rings. The molecular formula is C15H15N3O. The van der Waals surface area contributed by atoms with Crippen LogP contribution in [0.1, 0.15) is 11.1 Å². The van der Waals surface area contributed by atoms with E-state index in [4.69, 9.17) is 5.26 Å². The number of nitrogens with zero attached hydrogens (tertiary/aromatic N) is 2. The maximum absolute atomic E-state index is 12.5. The molecule has 0 aliphatic carbocycles. The van der Waals surface area contributed by atoms with Crippen LogP contribution in [0.4, 0.5) is 0 Å². The molecule has 3 rings (SSSR count). The van der Waals surface area contributed by atoms with E-state index >= 15 is 0 Å². The number of rotatable bonds is 1. The minimum atomic E-state index is -0.411. The molecular weight excluding hydrogens is 238 g/mol. The summed E-state index contributed by atoms with van der Waals surface area (Å²) in [5.41, 5.74) is 2.48. The van der Waals surface area contributed by atoms with Gasteiger partial charge in [-0.3, -0.25) is 4.79 Å². The predicted molar refractivity (Wildman–Crippen MR) is 71.0 cm³/mol. The van der Waals surface area contributed by atoms with Crippen molar-refractivity contribution in [3.8, 4) is 6.07 Å². The molecule has 0 aromatic heterocycles. The molecule has 1 N–H and O–H groups in total. The number of fused-ring (bicyclic) bond motifs is 1. The van der Waals surface area contributed by atoms with Crippen molar-refractivity contribution in [1.82, 2.24) is 10.2 Å². The van der Waals surface area contributed by atoms with Crippen molar-refractivity contribution in [2.24, 2.45) is 0 Å². The summed E-state index contributed by atoms with van der Waals surface area (Å²) in [6.07, 6.45) is 4.36. The van der Waals surface area contributed by atoms with Crippen molar-refractivity contribution >= 4 is 5.91 Å². The Morgan fingerprint density at radius 3 is 2.95 bits per heavy atom. The second-order valence-corrected chi connectivity index (χ2v) is 4.90. The van der Waals surface area contributed by atoms with Gasteiger partial charge < -0.3 is 10.2 Å². The van der Waals surface area contributed by atoms with Gasteiger partial charge >= 0.3 is 0 Å². The number of benzene rings is 1. The lowest BCUT2D eigenvalue weighted by molar-refractivity contribution is -0.133. The van der Waals surface area contributed by atoms with E-state index in [-0.39, 0.29) is 11.9 Å². The zero-order chi connectivity index (χ0) is 13.2. The molecule has 19 heavy (non-hydrogen) atoms. The summed E-state index contributed by atoms with van der Waals surface area (Å²) < 4.78 is 0. The Labute approximate surface area is 112 Å². The Bertz CT molecular complexity index is 573. The molecule has 0 spiro atoms. The third-order valence-corrected chi connectivity index (χ3v) is 3.75. The maximum Gasteiger partial charge on any atom is 0.241 e. The van der Waals surface area contributed by atoms with Crippen molar-refractivity contribution in [1.29, 1.82) is 5.26 Å². The van der Waals surface area contributed by atoms with Gasteiger partial charge in [-0.05, 0) is 23.6 Å². The fourth-order valence-electron chi connectivity index (χ4n) is 2.69. The van der Waals surface area contributed by atoms with E-state index in [1.165, 1.54) is 11.1 Å². The molecule has 4 nitrogen and oxygen atoms in total. The van der Waals surface area contributed by atoms with Crippen LogP contribution in [0.5, 0.6) is 0 Å². The van der Waals surface area contributed by atoms with E-state index in [1.807, 2.05) is 18.2 Å². The van der Waals surface area contributed by atoms with Crippen molar-refractivity contribution in [3.05, 3.63) is 47.5 Å². The maximum atomic E-state index is 12.5. The topological polar surface area (TPSA) is 56.1 Å². The molecule has 1 aromatic carbocycles. The third kappa shape index (κ3) is 2.13. The van der Waals surface area contributed by atoms with Crippen LogP contribution in [0, 0.1) is 11.3 Å². The second-order valence-electron chi connectivity index (χ2n) is 4.90. The number of carbonyl (C=O) groups excluding carboxylic acids is 1. The minimum absolute atomic E-state index is 0.0195. The molecule has 4 heteroatoms. The normalized spacial score (nSPS) is 24.9. The van der Waals surface area contributed by atoms with Gasteiger partial charge in [0.05, 0.1) is 12.1 Å². The van der Waals surface area contributed by atoms with Gasteiger partial charge in [-0.2, -0.15) is 5.26 Å². The van der Waals surface area contributed by atoms with Crippen molar-refractivity contribution in [3.63, 3.8) is 0 Å². The molecule has 0 unspecified atom stereocenters. The van der Waals surface area contributed by atoms with Gasteiger partial charge in [0, 0.05) is 13.1 Å². The van der Waals surface area contributed by atoms with Gasteiger partial charge in [-0.25, -0.2) is 0 Å². The van der Waals surface area contributed by atoms with Gasteiger partial charge in [0.2, 0.25) is 5.91 Å². The highest BCUT2D eigenvalue weighted by molar-refractivity contribution is 5.84. The Kier molecular flexibility index (Phi) is 3.06. The number of hydrogen-bond acceptors (Lipinski definition) is 3. The molecule has 2 aliphatic rings. The van der Waals surface area contributed by atoms with Crippen molar-refractivity contribution in [2.75, 3.05) is 6.54 Å². The molecule has 0 radical (unpaired) electrons. The van der Waals surface area contributed by atoms with Gasteiger partial charge in [-0.1, -0.05) is 30.3 Å². The first-order valence-corrected chi connectivity index (χ1v) is 6.46. The lowest BCUT2D eigenvalue weighted by Gasteiger charge is -2.30. The lowest BCUT2D eigenvalue weighted by Crippen LogP contribution is -2.50. The minimum Gasteiger partial charge on any atom is -0.318 e. The first-order chi connectivity index (χ1) is 9.29. The molecule has 96 valence electrons. The van der Waals surface area contributed by atoms with Crippen LogP contribution in [0.2, 0.25) is 0 Å². The van der Waals surface area contributed by atoms with E-state index in [9.17, 15) is 4.79 Å². The molecule has 2 aliphatic heterocycles. The number of nitriles is 1. The third-order valence-electron chi connectivity index (χ3n) is 3.75. The van der Waals surface area contributed by atoms with Gasteiger partial charge in [0.15, 0.2) is 0 Å². The molecule has 2 heterocycles. The SMILES string of the molecule is N#C[C@@H]1C=CCN1C(=O)[C@@H]1Cc2ccccc2CN1. The average molecular weight is 253 g/mol. The Hall–Kier alpha value is -2.12. The number of carbonyl (C=O) groups is 1. The Balaban J connectivity index is 1.75. The van der Waals surface area contributed by atoms with Crippen LogP contribution in [0.25, 0.3) is 0 Å². The fourth-order valence-corrected chi connectivity index (χ4v) is 2.69. The predicted octanol–water partition coefficient (Wildman–Crippen LogP) is 0.991. The summed E-state index contributed by atoms with van der Waals surface area (Å²) in [5.74, 6) is 0.0195. The highest BCUT2D eigenvalue weighted by Gasteiger charge is 2.32. The zero-order valence-electron chi connectivity index (χ0n) is 10.5. The van der Waals surface area contributed by atoms with Crippen LogP contribution in [0.15, 0.2) is 36.4 Å². The average Bonchev–Trinajstić information content (AvgIpc) is 2.94. The summed E-state index contributed by atoms with van der Waals surface area (Å²) in [4.78, 5) is 14.1. The second kappa shape index (κ2) is 4.87. The Morgan fingerprint density at radius 2 is 2.16 bits per heavy atom. The molecule has 0 bridgehead atoms. The van der Waals surface area contributed by atoms with Crippen LogP contribution in [0.3, 0.4) is 0 Å². The van der Waals surface area contributed by atoms with E-state index in [0.717, 1.165) is 0 Å². The standard InChI is InChI=1S/C15H15N3O/c16-9-13-6-3-7-18(13)15(19)14-8-11-4-1-2-5-12(11)10-17-14/h1-6,13-14,17H,7-8,10H2/t13-,14-/m0/s1. The molecule has 0 saturated heterocycles. The van der Waals surface area contributed by atoms with Gasteiger partial charge in [-0.15, -0.1) is 0 Å². The van der Waals surface area contributed by atoms with Crippen molar-refractivity contribution < 1.29 is 4.79 Å². The van der Waals surface area contributed by atoms with Crippen LogP contribution < -0.4 is 5.32 Å². The van der Waals surface area contributed by atoms with E-state index < -0.39 is 6.04 Å². The van der Waals surface area contributed by atoms with Gasteiger partial charge in [0.25, 0.3) is 0 Å². The summed E-state index contributed by atoms with van der Waals surface area (Å²) in [6, 6.07) is 9.68. The number of hydrogen-bond donors (Lipinski definition) is 1. The highest BCUT2D eigenvalue weighted by Crippen LogP contribution is 2.19. The van der Waals surface area contributed by atoms with Crippen LogP contribution in [-0.2, 0) is 17.8 Å². The summed E-state index contributed by atoms with van der Waals surface area (Å²) >= 11 is 0. The van der Waals surface area contributed by atoms with Crippen LogP contribution in [-0.4, -0.2) is 29.4 Å². The molecule has 2 atom stereocenters. The summed E-state index contributed by atoms with van der Waals surface area (Å²) in [7, 11) is 0. The van der Waals surface area contributed by atoms with E-state index in [2.05, 4.69) is 23.5 Å². The fraction of sp³-hybridized carbons (Fsp3) is 0.333. The highest BCUT2D eigenvalue weighted by atomic mass is 16.2. The molecule has 0 fully saturated rings. The lowest BCUT2D eigenvalue weighted by atomic mass is 9.95. The summed E-state index contributed by atoms with van der Waals surface area (Å²) in [6.45, 7) is 1.25. The molecule has 1 amide bonds. The van der Waals surface area contributed by atoms with Gasteiger partial charge in [0.1, 0.15) is 6.04 Å². The molecule has 0 saturated carbocycles. The largest absolute Gasteiger partial charge is 0.318 e. The van der Waals surface area contributed by atoms with Crippen LogP contribution >= 0.6 is 0 Å². The number of nitrogens with one attached hydrogen (secondary N) is 1. The zero-order valence-corrected chi connectivity index (χ0v) is 10.5. The van der Waals surface area contributed by atoms with Crippen molar-refractivity contribution in [2.45, 2.75) is 25.0 Å². The quantitative estimate of drug-likeness (QED) is 0.759.